The van der Waals surface area contributed by atoms with Crippen LogP contribution < -0.4 is 0 Å². The van der Waals surface area contributed by atoms with E-state index in [-0.39, 0.29) is 28.1 Å². The number of halogens is 2. The van der Waals surface area contributed by atoms with Gasteiger partial charge in [-0.2, -0.15) is 0 Å². The lowest BCUT2D eigenvalue weighted by Gasteiger charge is -2.13. The molecule has 2 heterocycles. The van der Waals surface area contributed by atoms with Crippen LogP contribution in [0.1, 0.15) is 34.8 Å². The Morgan fingerprint density at radius 2 is 2.12 bits per heavy atom. The van der Waals surface area contributed by atoms with E-state index in [4.69, 9.17) is 4.74 Å². The number of nitrogens with zero attached hydrogens (tertiary/aromatic N) is 2. The molecule has 0 spiro atoms. The van der Waals surface area contributed by atoms with Crippen LogP contribution in [0.25, 0.3) is 5.65 Å². The maximum absolute atomic E-state index is 13.8. The maximum atomic E-state index is 13.8. The van der Waals surface area contributed by atoms with Crippen molar-refractivity contribution in [2.45, 2.75) is 13.0 Å². The zero-order chi connectivity index (χ0) is 17.3. The molecule has 1 aromatic carbocycles. The second-order valence-corrected chi connectivity index (χ2v) is 5.93. The number of hydrogen-bond donors (Lipinski definition) is 1. The SMILES string of the molecule is CCOC(=O)c1nc2cc(F)c(Br)cn2c1C(O)c1ccccc1. The van der Waals surface area contributed by atoms with Gasteiger partial charge in [-0.3, -0.25) is 4.40 Å². The second-order valence-electron chi connectivity index (χ2n) is 5.08. The van der Waals surface area contributed by atoms with Crippen LogP contribution in [0, 0.1) is 5.82 Å². The fourth-order valence-corrected chi connectivity index (χ4v) is 2.78. The number of carbonyl (C=O) groups excluding carboxylic acids is 1. The van der Waals surface area contributed by atoms with Gasteiger partial charge in [0.1, 0.15) is 17.6 Å². The zero-order valence-electron chi connectivity index (χ0n) is 12.7. The van der Waals surface area contributed by atoms with Crippen molar-refractivity contribution < 1.29 is 19.0 Å². The van der Waals surface area contributed by atoms with Crippen LogP contribution >= 0.6 is 15.9 Å². The lowest BCUT2D eigenvalue weighted by Crippen LogP contribution is -2.13. The Kier molecular flexibility index (Phi) is 4.64. The van der Waals surface area contributed by atoms with Gasteiger partial charge in [0.15, 0.2) is 5.69 Å². The van der Waals surface area contributed by atoms with Crippen molar-refractivity contribution in [3.05, 3.63) is 69.8 Å². The number of esters is 1. The smallest absolute Gasteiger partial charge is 0.358 e. The van der Waals surface area contributed by atoms with E-state index in [1.807, 2.05) is 6.07 Å². The predicted molar refractivity (Wildman–Crippen MR) is 89.3 cm³/mol. The summed E-state index contributed by atoms with van der Waals surface area (Å²) in [5.41, 5.74) is 0.995. The molecule has 0 radical (unpaired) electrons. The van der Waals surface area contributed by atoms with E-state index in [1.54, 1.807) is 31.2 Å². The quantitative estimate of drug-likeness (QED) is 0.690. The zero-order valence-corrected chi connectivity index (χ0v) is 14.3. The van der Waals surface area contributed by atoms with Crippen LogP contribution in [0.3, 0.4) is 0 Å². The Morgan fingerprint density at radius 1 is 1.42 bits per heavy atom. The molecule has 24 heavy (non-hydrogen) atoms. The van der Waals surface area contributed by atoms with Crippen molar-refractivity contribution in [3.8, 4) is 0 Å². The number of fused-ring (bicyclic) bond motifs is 1. The number of carbonyl (C=O) groups is 1. The number of benzene rings is 1. The molecule has 3 rings (SSSR count). The van der Waals surface area contributed by atoms with Gasteiger partial charge in [-0.25, -0.2) is 14.2 Å². The van der Waals surface area contributed by atoms with Gasteiger partial charge in [0.2, 0.25) is 0 Å². The Balaban J connectivity index is 2.24. The lowest BCUT2D eigenvalue weighted by atomic mass is 10.1. The highest BCUT2D eigenvalue weighted by Crippen LogP contribution is 2.28. The molecule has 124 valence electrons. The first-order valence-corrected chi connectivity index (χ1v) is 8.09. The van der Waals surface area contributed by atoms with Crippen molar-refractivity contribution >= 4 is 27.5 Å². The molecule has 0 fully saturated rings. The van der Waals surface area contributed by atoms with Gasteiger partial charge in [-0.05, 0) is 28.4 Å². The van der Waals surface area contributed by atoms with Crippen molar-refractivity contribution in [1.82, 2.24) is 9.38 Å². The summed E-state index contributed by atoms with van der Waals surface area (Å²) < 4.78 is 20.5. The Morgan fingerprint density at radius 3 is 2.79 bits per heavy atom. The number of aliphatic hydroxyl groups is 1. The average Bonchev–Trinajstić information content (AvgIpc) is 2.94. The predicted octanol–water partition coefficient (Wildman–Crippen LogP) is 3.49. The van der Waals surface area contributed by atoms with Gasteiger partial charge in [0, 0.05) is 12.3 Å². The monoisotopic (exact) mass is 392 g/mol. The summed E-state index contributed by atoms with van der Waals surface area (Å²) in [7, 11) is 0. The van der Waals surface area contributed by atoms with E-state index in [1.165, 1.54) is 16.7 Å². The fourth-order valence-electron chi connectivity index (χ4n) is 2.46. The van der Waals surface area contributed by atoms with Gasteiger partial charge in [-0.15, -0.1) is 0 Å². The molecule has 0 aliphatic rings. The third-order valence-corrected chi connectivity index (χ3v) is 4.13. The number of hydrogen-bond acceptors (Lipinski definition) is 4. The summed E-state index contributed by atoms with van der Waals surface area (Å²) in [5, 5.41) is 10.8. The third-order valence-electron chi connectivity index (χ3n) is 3.54. The van der Waals surface area contributed by atoms with Crippen LogP contribution in [0.2, 0.25) is 0 Å². The van der Waals surface area contributed by atoms with Crippen LogP contribution in [-0.4, -0.2) is 27.1 Å². The topological polar surface area (TPSA) is 63.8 Å². The second kappa shape index (κ2) is 6.70. The van der Waals surface area contributed by atoms with Crippen LogP contribution in [0.4, 0.5) is 4.39 Å². The number of pyridine rings is 1. The molecule has 3 aromatic rings. The van der Waals surface area contributed by atoms with Gasteiger partial charge >= 0.3 is 5.97 Å². The first-order chi connectivity index (χ1) is 11.5. The van der Waals surface area contributed by atoms with Crippen molar-refractivity contribution in [2.24, 2.45) is 0 Å². The van der Waals surface area contributed by atoms with Gasteiger partial charge in [-0.1, -0.05) is 30.3 Å². The molecule has 1 unspecified atom stereocenters. The third kappa shape index (κ3) is 2.92. The molecule has 2 aromatic heterocycles. The van der Waals surface area contributed by atoms with Crippen LogP contribution in [0.5, 0.6) is 0 Å². The van der Waals surface area contributed by atoms with E-state index in [2.05, 4.69) is 20.9 Å². The molecule has 0 saturated heterocycles. The summed E-state index contributed by atoms with van der Waals surface area (Å²) >= 11 is 3.11. The Labute approximate surface area is 145 Å². The lowest BCUT2D eigenvalue weighted by molar-refractivity contribution is 0.0514. The molecule has 1 atom stereocenters. The molecule has 7 heteroatoms. The summed E-state index contributed by atoms with van der Waals surface area (Å²) in [4.78, 5) is 16.4. The van der Waals surface area contributed by atoms with Gasteiger partial charge in [0.05, 0.1) is 16.8 Å². The first-order valence-electron chi connectivity index (χ1n) is 7.30. The first kappa shape index (κ1) is 16.6. The largest absolute Gasteiger partial charge is 0.461 e. The van der Waals surface area contributed by atoms with Crippen LogP contribution in [0.15, 0.2) is 47.1 Å². The van der Waals surface area contributed by atoms with Crippen LogP contribution in [-0.2, 0) is 4.74 Å². The van der Waals surface area contributed by atoms with Crippen molar-refractivity contribution in [1.29, 1.82) is 0 Å². The molecule has 5 nitrogen and oxygen atoms in total. The molecular weight excluding hydrogens is 379 g/mol. The van der Waals surface area contributed by atoms with Crippen molar-refractivity contribution in [3.63, 3.8) is 0 Å². The standard InChI is InChI=1S/C17H14BrFN2O3/c1-2-24-17(23)14-15(16(22)10-6-4-3-5-7-10)21-9-11(18)12(19)8-13(21)20-14/h3-9,16,22H,2H2,1H3. The van der Waals surface area contributed by atoms with E-state index in [0.717, 1.165) is 0 Å². The number of ether oxygens (including phenoxy) is 1. The van der Waals surface area contributed by atoms with Gasteiger partial charge < -0.3 is 9.84 Å². The number of aliphatic hydroxyl groups excluding tert-OH is 1. The Bertz CT molecular complexity index is 896. The minimum absolute atomic E-state index is 0.0364. The summed E-state index contributed by atoms with van der Waals surface area (Å²) in [5.74, 6) is -1.17. The summed E-state index contributed by atoms with van der Waals surface area (Å²) in [6.07, 6.45) is 0.319. The summed E-state index contributed by atoms with van der Waals surface area (Å²) in [6.45, 7) is 1.85. The molecule has 0 aliphatic heterocycles. The number of aromatic nitrogens is 2. The molecule has 0 saturated carbocycles. The maximum Gasteiger partial charge on any atom is 0.358 e. The van der Waals surface area contributed by atoms with E-state index < -0.39 is 17.9 Å². The molecule has 0 aliphatic carbocycles. The highest BCUT2D eigenvalue weighted by atomic mass is 79.9. The molecule has 1 N–H and O–H groups in total. The number of rotatable bonds is 4. The fraction of sp³-hybridized carbons (Fsp3) is 0.176. The average molecular weight is 393 g/mol. The highest BCUT2D eigenvalue weighted by molar-refractivity contribution is 9.10. The normalized spacial score (nSPS) is 12.3. The molecule has 0 bridgehead atoms. The van der Waals surface area contributed by atoms with Gasteiger partial charge in [0.25, 0.3) is 0 Å². The molecule has 0 amide bonds. The minimum atomic E-state index is -1.11. The van der Waals surface area contributed by atoms with E-state index in [0.29, 0.717) is 5.56 Å². The van der Waals surface area contributed by atoms with Crippen molar-refractivity contribution in [2.75, 3.05) is 6.61 Å². The minimum Gasteiger partial charge on any atom is -0.461 e. The Hall–Kier alpha value is -2.25. The number of imidazole rings is 1. The highest BCUT2D eigenvalue weighted by Gasteiger charge is 2.27. The molecular formula is C17H14BrFN2O3. The van der Waals surface area contributed by atoms with E-state index >= 15 is 0 Å². The summed E-state index contributed by atoms with van der Waals surface area (Å²) in [6, 6.07) is 10.0. The van der Waals surface area contributed by atoms with E-state index in [9.17, 15) is 14.3 Å².